The van der Waals surface area contributed by atoms with Crippen LogP contribution in [0, 0.1) is 11.6 Å². The molecule has 0 radical (unpaired) electrons. The second kappa shape index (κ2) is 8.43. The van der Waals surface area contributed by atoms with E-state index >= 15 is 0 Å². The summed E-state index contributed by atoms with van der Waals surface area (Å²) in [5.74, 6) is -1.15. The van der Waals surface area contributed by atoms with Gasteiger partial charge < -0.3 is 10.1 Å². The minimum atomic E-state index is -0.499. The van der Waals surface area contributed by atoms with Gasteiger partial charge in [0.15, 0.2) is 0 Å². The summed E-state index contributed by atoms with van der Waals surface area (Å²) < 4.78 is 33.1. The number of aromatic nitrogens is 2. The third-order valence-electron chi connectivity index (χ3n) is 4.03. The van der Waals surface area contributed by atoms with E-state index in [0.717, 1.165) is 4.68 Å². The van der Waals surface area contributed by atoms with Gasteiger partial charge in [-0.05, 0) is 24.3 Å². The van der Waals surface area contributed by atoms with Gasteiger partial charge in [-0.15, -0.1) is 0 Å². The van der Waals surface area contributed by atoms with Crippen LogP contribution >= 0.6 is 0 Å². The van der Waals surface area contributed by atoms with Crippen LogP contribution in [0.5, 0.6) is 5.75 Å². The molecule has 1 amide bonds. The van der Waals surface area contributed by atoms with E-state index in [9.17, 15) is 18.4 Å². The highest BCUT2D eigenvalue weighted by molar-refractivity contribution is 5.75. The van der Waals surface area contributed by atoms with Crippen molar-refractivity contribution in [2.45, 2.75) is 13.1 Å². The molecule has 0 atom stereocenters. The van der Waals surface area contributed by atoms with Crippen molar-refractivity contribution in [3.05, 3.63) is 82.1 Å². The largest absolute Gasteiger partial charge is 0.496 e. The Labute approximate surface area is 159 Å². The van der Waals surface area contributed by atoms with Crippen LogP contribution in [0.3, 0.4) is 0 Å². The molecule has 1 aromatic heterocycles. The van der Waals surface area contributed by atoms with Crippen LogP contribution in [0.25, 0.3) is 11.3 Å². The number of hydrogen-bond acceptors (Lipinski definition) is 4. The minimum Gasteiger partial charge on any atom is -0.496 e. The van der Waals surface area contributed by atoms with Crippen LogP contribution in [0.4, 0.5) is 8.78 Å². The smallest absolute Gasteiger partial charge is 0.267 e. The molecule has 28 heavy (non-hydrogen) atoms. The molecule has 0 aliphatic carbocycles. The molecule has 0 saturated heterocycles. The molecule has 0 aliphatic heterocycles. The van der Waals surface area contributed by atoms with Crippen LogP contribution in [-0.2, 0) is 17.9 Å². The van der Waals surface area contributed by atoms with E-state index in [-0.39, 0.29) is 18.8 Å². The first-order chi connectivity index (χ1) is 13.5. The van der Waals surface area contributed by atoms with Gasteiger partial charge in [-0.2, -0.15) is 5.10 Å². The highest BCUT2D eigenvalue weighted by Crippen LogP contribution is 2.28. The van der Waals surface area contributed by atoms with E-state index in [1.807, 2.05) is 0 Å². The summed E-state index contributed by atoms with van der Waals surface area (Å²) in [6.45, 7) is -0.351. The van der Waals surface area contributed by atoms with Crippen molar-refractivity contribution >= 4 is 5.91 Å². The summed E-state index contributed by atoms with van der Waals surface area (Å²) in [7, 11) is 1.39. The SMILES string of the molecule is COc1cc(F)ccc1-c1ccc(=O)n(CC(=O)NCc2ccccc2F)n1. The second-order valence-electron chi connectivity index (χ2n) is 5.93. The molecular weight excluding hydrogens is 368 g/mol. The Morgan fingerprint density at radius 3 is 2.68 bits per heavy atom. The quantitative estimate of drug-likeness (QED) is 0.708. The highest BCUT2D eigenvalue weighted by atomic mass is 19.1. The first-order valence-electron chi connectivity index (χ1n) is 8.40. The Morgan fingerprint density at radius 2 is 1.93 bits per heavy atom. The molecule has 3 aromatic rings. The molecule has 144 valence electrons. The monoisotopic (exact) mass is 385 g/mol. The van der Waals surface area contributed by atoms with Crippen molar-refractivity contribution in [2.75, 3.05) is 7.11 Å². The lowest BCUT2D eigenvalue weighted by Crippen LogP contribution is -2.33. The number of rotatable bonds is 6. The molecule has 6 nitrogen and oxygen atoms in total. The average molecular weight is 385 g/mol. The maximum absolute atomic E-state index is 13.6. The molecule has 0 saturated carbocycles. The lowest BCUT2D eigenvalue weighted by molar-refractivity contribution is -0.122. The number of amides is 1. The third-order valence-corrected chi connectivity index (χ3v) is 4.03. The van der Waals surface area contributed by atoms with E-state index in [1.54, 1.807) is 18.2 Å². The van der Waals surface area contributed by atoms with E-state index in [0.29, 0.717) is 16.8 Å². The van der Waals surface area contributed by atoms with Gasteiger partial charge in [0.2, 0.25) is 5.91 Å². The number of carbonyl (C=O) groups is 1. The molecule has 0 unspecified atom stereocenters. The average Bonchev–Trinajstić information content (AvgIpc) is 2.69. The zero-order valence-electron chi connectivity index (χ0n) is 15.0. The van der Waals surface area contributed by atoms with E-state index in [4.69, 9.17) is 4.74 Å². The molecule has 0 aliphatic rings. The van der Waals surface area contributed by atoms with E-state index in [1.165, 1.54) is 43.5 Å². The summed E-state index contributed by atoms with van der Waals surface area (Å²) in [5.41, 5.74) is 0.676. The fourth-order valence-electron chi connectivity index (χ4n) is 2.61. The number of nitrogens with one attached hydrogen (secondary N) is 1. The van der Waals surface area contributed by atoms with Crippen molar-refractivity contribution < 1.29 is 18.3 Å². The number of hydrogen-bond donors (Lipinski definition) is 1. The molecule has 0 spiro atoms. The molecular formula is C20H17F2N3O3. The Bertz CT molecular complexity index is 1070. The number of halogens is 2. The zero-order valence-corrected chi connectivity index (χ0v) is 15.0. The Hall–Kier alpha value is -3.55. The molecule has 8 heteroatoms. The third kappa shape index (κ3) is 4.40. The molecule has 3 rings (SSSR count). The summed E-state index contributed by atoms with van der Waals surface area (Å²) in [5, 5.41) is 6.71. The summed E-state index contributed by atoms with van der Waals surface area (Å²) in [4.78, 5) is 24.2. The molecule has 1 heterocycles. The van der Waals surface area contributed by atoms with Crippen LogP contribution in [0.1, 0.15) is 5.56 Å². The van der Waals surface area contributed by atoms with Gasteiger partial charge in [0.1, 0.15) is 23.9 Å². The predicted molar refractivity (Wildman–Crippen MR) is 98.7 cm³/mol. The minimum absolute atomic E-state index is 0.00820. The molecule has 2 aromatic carbocycles. The van der Waals surface area contributed by atoms with Gasteiger partial charge in [0.25, 0.3) is 5.56 Å². The van der Waals surface area contributed by atoms with Crippen LogP contribution in [-0.4, -0.2) is 22.8 Å². The molecule has 0 fully saturated rings. The topological polar surface area (TPSA) is 73.2 Å². The van der Waals surface area contributed by atoms with Crippen LogP contribution in [0.2, 0.25) is 0 Å². The Morgan fingerprint density at radius 1 is 1.14 bits per heavy atom. The van der Waals surface area contributed by atoms with Crippen LogP contribution < -0.4 is 15.6 Å². The van der Waals surface area contributed by atoms with Gasteiger partial charge in [0.05, 0.1) is 12.8 Å². The van der Waals surface area contributed by atoms with Gasteiger partial charge in [-0.25, -0.2) is 13.5 Å². The highest BCUT2D eigenvalue weighted by Gasteiger charge is 2.12. The first kappa shape index (κ1) is 19.2. The number of ether oxygens (including phenoxy) is 1. The van der Waals surface area contributed by atoms with Crippen LogP contribution in [0.15, 0.2) is 59.4 Å². The van der Waals surface area contributed by atoms with Gasteiger partial charge in [0, 0.05) is 29.8 Å². The van der Waals surface area contributed by atoms with Crippen molar-refractivity contribution in [3.63, 3.8) is 0 Å². The summed E-state index contributed by atoms with van der Waals surface area (Å²) >= 11 is 0. The Kier molecular flexibility index (Phi) is 5.78. The van der Waals surface area contributed by atoms with Crippen molar-refractivity contribution in [1.29, 1.82) is 0 Å². The first-order valence-corrected chi connectivity index (χ1v) is 8.40. The lowest BCUT2D eigenvalue weighted by atomic mass is 10.1. The van der Waals surface area contributed by atoms with Crippen molar-refractivity contribution in [1.82, 2.24) is 15.1 Å². The fraction of sp³-hybridized carbons (Fsp3) is 0.150. The lowest BCUT2D eigenvalue weighted by Gasteiger charge is -2.11. The van der Waals surface area contributed by atoms with E-state index in [2.05, 4.69) is 10.4 Å². The second-order valence-corrected chi connectivity index (χ2v) is 5.93. The molecule has 0 bridgehead atoms. The van der Waals surface area contributed by atoms with E-state index < -0.39 is 23.1 Å². The maximum atomic E-state index is 13.6. The number of carbonyl (C=O) groups excluding carboxylic acids is 1. The van der Waals surface area contributed by atoms with Crippen molar-refractivity contribution in [2.24, 2.45) is 0 Å². The number of nitrogens with zero attached hydrogens (tertiary/aromatic N) is 2. The maximum Gasteiger partial charge on any atom is 0.267 e. The van der Waals surface area contributed by atoms with Crippen molar-refractivity contribution in [3.8, 4) is 17.0 Å². The summed E-state index contributed by atoms with van der Waals surface area (Å²) in [6.07, 6.45) is 0. The van der Waals surface area contributed by atoms with Gasteiger partial charge in [-0.1, -0.05) is 18.2 Å². The summed E-state index contributed by atoms with van der Waals surface area (Å²) in [6, 6.07) is 12.7. The van der Waals surface area contributed by atoms with Gasteiger partial charge in [-0.3, -0.25) is 9.59 Å². The number of methoxy groups -OCH3 is 1. The van der Waals surface area contributed by atoms with Gasteiger partial charge >= 0.3 is 0 Å². The predicted octanol–water partition coefficient (Wildman–Crippen LogP) is 2.51. The molecule has 1 N–H and O–H groups in total. The standard InChI is InChI=1S/C20H17F2N3O3/c1-28-18-10-14(21)6-7-15(18)17-8-9-20(27)25(24-17)12-19(26)23-11-13-4-2-3-5-16(13)22/h2-10H,11-12H2,1H3,(H,23,26). The Balaban J connectivity index is 1.78. The number of benzene rings is 2. The fourth-order valence-corrected chi connectivity index (χ4v) is 2.61. The zero-order chi connectivity index (χ0) is 20.1. The normalized spacial score (nSPS) is 10.5.